The third-order valence-electron chi connectivity index (χ3n) is 1.90. The second-order valence-electron chi connectivity index (χ2n) is 3.37. The van der Waals surface area contributed by atoms with Crippen molar-refractivity contribution in [2.45, 2.75) is 22.3 Å². The first-order valence-electron chi connectivity index (χ1n) is 5.38. The van der Waals surface area contributed by atoms with Gasteiger partial charge in [-0.25, -0.2) is 13.8 Å². The molecule has 118 valence electrons. The van der Waals surface area contributed by atoms with Crippen molar-refractivity contribution in [2.24, 2.45) is 0 Å². The topological polar surface area (TPSA) is 25.8 Å². The fraction of sp³-hybridized carbons (Fsp3) is 0.400. The minimum Gasteiger partial charge on any atom is -0.206 e. The molecule has 0 atom stereocenters. The maximum absolute atomic E-state index is 12.5. The van der Waals surface area contributed by atoms with Gasteiger partial charge in [-0.05, 0) is 11.5 Å². The number of allylic oxidation sites excluding steroid dienone is 2. The summed E-state index contributed by atoms with van der Waals surface area (Å²) in [6.45, 7) is 0. The number of hydrogen-bond donors (Lipinski definition) is 0. The Balaban J connectivity index is 2.33. The van der Waals surface area contributed by atoms with Gasteiger partial charge in [-0.3, -0.25) is 0 Å². The van der Waals surface area contributed by atoms with Crippen molar-refractivity contribution >= 4 is 35.1 Å². The number of halogens is 6. The lowest BCUT2D eigenvalue weighted by Gasteiger charge is -1.95. The Labute approximate surface area is 128 Å². The van der Waals surface area contributed by atoms with Crippen LogP contribution in [0.4, 0.5) is 26.3 Å². The van der Waals surface area contributed by atoms with Gasteiger partial charge < -0.3 is 0 Å². The molecule has 1 aromatic heterocycles. The van der Waals surface area contributed by atoms with Crippen LogP contribution in [0.1, 0.15) is 12.8 Å². The molecule has 0 saturated carbocycles. The van der Waals surface area contributed by atoms with E-state index in [0.717, 1.165) is 35.1 Å². The van der Waals surface area contributed by atoms with Gasteiger partial charge in [-0.15, -0.1) is 0 Å². The zero-order chi connectivity index (χ0) is 15.8. The second-order valence-corrected chi connectivity index (χ2v) is 6.53. The summed E-state index contributed by atoms with van der Waals surface area (Å²) in [7, 11) is 0. The average Bonchev–Trinajstić information content (AvgIpc) is 2.86. The summed E-state index contributed by atoms with van der Waals surface area (Å²) in [6.07, 6.45) is -5.52. The Morgan fingerprint density at radius 3 is 1.90 bits per heavy atom. The third-order valence-corrected chi connectivity index (χ3v) is 4.70. The van der Waals surface area contributed by atoms with Crippen molar-refractivity contribution in [2.75, 3.05) is 11.5 Å². The summed E-state index contributed by atoms with van der Waals surface area (Å²) in [6, 6.07) is 0. The predicted molar refractivity (Wildman–Crippen MR) is 71.3 cm³/mol. The van der Waals surface area contributed by atoms with Gasteiger partial charge in [0.1, 0.15) is 0 Å². The molecule has 0 aliphatic heterocycles. The van der Waals surface area contributed by atoms with Crippen LogP contribution in [0.2, 0.25) is 0 Å². The fourth-order valence-electron chi connectivity index (χ4n) is 0.963. The van der Waals surface area contributed by atoms with Crippen LogP contribution in [0.15, 0.2) is 33.3 Å². The highest BCUT2D eigenvalue weighted by atomic mass is 32.2. The van der Waals surface area contributed by atoms with Crippen LogP contribution >= 0.6 is 35.1 Å². The van der Waals surface area contributed by atoms with Gasteiger partial charge in [0.25, 0.3) is 0 Å². The number of rotatable bonds is 8. The molecular weight excluding hydrogens is 358 g/mol. The van der Waals surface area contributed by atoms with Gasteiger partial charge in [0.2, 0.25) is 5.16 Å². The predicted octanol–water partition coefficient (Wildman–Crippen LogP) is 5.66. The van der Waals surface area contributed by atoms with Crippen LogP contribution in [0, 0.1) is 0 Å². The molecule has 0 aliphatic rings. The molecule has 0 saturated heterocycles. The van der Waals surface area contributed by atoms with E-state index in [-0.39, 0.29) is 16.7 Å². The van der Waals surface area contributed by atoms with Gasteiger partial charge in [-0.1, -0.05) is 23.5 Å². The molecule has 0 unspecified atom stereocenters. The quantitative estimate of drug-likeness (QED) is 0.438. The molecule has 0 N–H and O–H groups in total. The second kappa shape index (κ2) is 9.36. The minimum atomic E-state index is -2.34. The lowest BCUT2D eigenvalue weighted by molar-refractivity contribution is 0.373. The summed E-state index contributed by atoms with van der Waals surface area (Å²) in [5.41, 5.74) is 0. The molecule has 21 heavy (non-hydrogen) atoms. The van der Waals surface area contributed by atoms with Crippen molar-refractivity contribution in [3.05, 3.63) is 23.8 Å². The maximum Gasteiger partial charge on any atom is 0.301 e. The molecule has 11 heteroatoms. The van der Waals surface area contributed by atoms with E-state index in [0.29, 0.717) is 4.34 Å². The smallest absolute Gasteiger partial charge is 0.206 e. The Hall–Kier alpha value is -0.680. The lowest BCUT2D eigenvalue weighted by atomic mass is 10.4. The van der Waals surface area contributed by atoms with Crippen LogP contribution in [0.25, 0.3) is 0 Å². The van der Waals surface area contributed by atoms with Gasteiger partial charge >= 0.3 is 12.2 Å². The van der Waals surface area contributed by atoms with Crippen LogP contribution in [0.3, 0.4) is 0 Å². The van der Waals surface area contributed by atoms with Crippen molar-refractivity contribution < 1.29 is 26.3 Å². The summed E-state index contributed by atoms with van der Waals surface area (Å²) in [5, 5.41) is 0.280. The van der Waals surface area contributed by atoms with E-state index >= 15 is 0 Å². The first-order valence-corrected chi connectivity index (χ1v) is 8.13. The monoisotopic (exact) mass is 366 g/mol. The van der Waals surface area contributed by atoms with E-state index < -0.39 is 36.7 Å². The molecule has 0 bridgehead atoms. The minimum absolute atomic E-state index is 0.0500. The summed E-state index contributed by atoms with van der Waals surface area (Å²) >= 11 is 3.02. The van der Waals surface area contributed by atoms with Crippen molar-refractivity contribution in [1.29, 1.82) is 0 Å². The average molecular weight is 366 g/mol. The van der Waals surface area contributed by atoms with E-state index in [4.69, 9.17) is 0 Å². The Morgan fingerprint density at radius 1 is 0.857 bits per heavy atom. The summed E-state index contributed by atoms with van der Waals surface area (Å²) in [5.74, 6) is -2.80. The van der Waals surface area contributed by atoms with Crippen molar-refractivity contribution in [1.82, 2.24) is 9.36 Å². The van der Waals surface area contributed by atoms with E-state index in [9.17, 15) is 26.3 Å². The van der Waals surface area contributed by atoms with Crippen LogP contribution in [-0.4, -0.2) is 20.9 Å². The van der Waals surface area contributed by atoms with Gasteiger partial charge in [-0.2, -0.15) is 21.9 Å². The third kappa shape index (κ3) is 7.23. The number of thioether (sulfide) groups is 2. The Morgan fingerprint density at radius 2 is 1.38 bits per heavy atom. The summed E-state index contributed by atoms with van der Waals surface area (Å²) < 4.78 is 76.5. The Bertz CT molecular complexity index is 478. The molecule has 0 amide bonds. The molecule has 0 radical (unpaired) electrons. The number of aromatic nitrogens is 2. The van der Waals surface area contributed by atoms with Gasteiger partial charge in [0, 0.05) is 24.3 Å². The molecular formula is C10H8F6N2S3. The standard InChI is InChI=1S/C10H8F6N2S3/c11-5(7(13)14)1-3-19-9-17-10(21-18-9)20-4-2-6(12)8(15)16/h1-4H2. The van der Waals surface area contributed by atoms with Crippen LogP contribution in [-0.2, 0) is 0 Å². The Kier molecular flexibility index (Phi) is 8.19. The van der Waals surface area contributed by atoms with E-state index in [2.05, 4.69) is 9.36 Å². The largest absolute Gasteiger partial charge is 0.301 e. The lowest BCUT2D eigenvalue weighted by Crippen LogP contribution is -1.85. The van der Waals surface area contributed by atoms with Crippen molar-refractivity contribution in [3.8, 4) is 0 Å². The van der Waals surface area contributed by atoms with Gasteiger partial charge in [0.15, 0.2) is 16.0 Å². The van der Waals surface area contributed by atoms with E-state index in [1.165, 1.54) is 0 Å². The number of hydrogen-bond acceptors (Lipinski definition) is 5. The first kappa shape index (κ1) is 18.4. The zero-order valence-electron chi connectivity index (χ0n) is 10.2. The van der Waals surface area contributed by atoms with E-state index in [1.807, 2.05) is 0 Å². The maximum atomic E-state index is 12.5. The fourth-order valence-corrected chi connectivity index (χ4v) is 3.52. The number of nitrogens with zero attached hydrogens (tertiary/aromatic N) is 2. The molecule has 0 aliphatic carbocycles. The molecule has 1 rings (SSSR count). The molecule has 1 heterocycles. The highest BCUT2D eigenvalue weighted by molar-refractivity contribution is 8.01. The molecule has 2 nitrogen and oxygen atoms in total. The van der Waals surface area contributed by atoms with E-state index in [1.54, 1.807) is 0 Å². The highest BCUT2D eigenvalue weighted by Crippen LogP contribution is 2.28. The SMILES string of the molecule is FC(F)=C(F)CCSc1nsc(SCCC(F)=C(F)F)n1. The first-order chi connectivity index (χ1) is 9.90. The normalized spacial score (nSPS) is 10.6. The van der Waals surface area contributed by atoms with Gasteiger partial charge in [0.05, 0.1) is 0 Å². The summed E-state index contributed by atoms with van der Waals surface area (Å²) in [4.78, 5) is 3.97. The van der Waals surface area contributed by atoms with Crippen molar-refractivity contribution in [3.63, 3.8) is 0 Å². The molecule has 1 aromatic rings. The highest BCUT2D eigenvalue weighted by Gasteiger charge is 2.10. The molecule has 0 spiro atoms. The molecule has 0 fully saturated rings. The molecule has 0 aromatic carbocycles. The van der Waals surface area contributed by atoms with Crippen LogP contribution < -0.4 is 0 Å². The van der Waals surface area contributed by atoms with Crippen LogP contribution in [0.5, 0.6) is 0 Å². The zero-order valence-corrected chi connectivity index (χ0v) is 12.7.